The van der Waals surface area contributed by atoms with E-state index in [9.17, 15) is 19.2 Å². The molecule has 4 rings (SSSR count). The maximum atomic E-state index is 12.5. The second kappa shape index (κ2) is 11.5. The Morgan fingerprint density at radius 2 is 1.81 bits per heavy atom. The number of rotatable bonds is 8. The summed E-state index contributed by atoms with van der Waals surface area (Å²) in [5.74, 6) is 0.734. The molecule has 2 saturated carbocycles. The highest BCUT2D eigenvalue weighted by Gasteiger charge is 2.54. The van der Waals surface area contributed by atoms with Crippen LogP contribution in [0.3, 0.4) is 0 Å². The Labute approximate surface area is 212 Å². The topological polar surface area (TPSA) is 119 Å². The summed E-state index contributed by atoms with van der Waals surface area (Å²) in [6.07, 6.45) is 14.0. The monoisotopic (exact) mass is 500 g/mol. The van der Waals surface area contributed by atoms with Gasteiger partial charge in [0, 0.05) is 31.1 Å². The van der Waals surface area contributed by atoms with Crippen molar-refractivity contribution in [2.24, 2.45) is 29.1 Å². The third-order valence-corrected chi connectivity index (χ3v) is 8.54. The quantitative estimate of drug-likeness (QED) is 0.519. The number of amides is 1. The van der Waals surface area contributed by atoms with Crippen LogP contribution in [-0.2, 0) is 20.8 Å². The summed E-state index contributed by atoms with van der Waals surface area (Å²) in [5, 5.41) is 6.54. The number of nitrogens with zero attached hydrogens (tertiary/aromatic N) is 1. The van der Waals surface area contributed by atoms with Gasteiger partial charge < -0.3 is 9.73 Å². The van der Waals surface area contributed by atoms with Crippen LogP contribution in [0.4, 0.5) is 0 Å². The minimum absolute atomic E-state index is 0.0398. The predicted molar refractivity (Wildman–Crippen MR) is 135 cm³/mol. The van der Waals surface area contributed by atoms with Crippen LogP contribution in [0, 0.1) is 29.1 Å². The SMILES string of the molecule is CC/C=C\CC12NC(=O)C[C@H]1CCC2=O.CC/C=C\[C@H](C)C1(C)C(=O)CC(C)[C@@H]1Cc1noc(=O)o1. The average Bonchev–Trinajstić information content (AvgIpc) is 3.53. The van der Waals surface area contributed by atoms with Gasteiger partial charge in [-0.25, -0.2) is 4.79 Å². The molecule has 3 unspecified atom stereocenters. The zero-order valence-electron chi connectivity index (χ0n) is 22.2. The second-order valence-corrected chi connectivity index (χ2v) is 10.7. The Morgan fingerprint density at radius 1 is 1.08 bits per heavy atom. The molecule has 1 N–H and O–H groups in total. The molecule has 0 bridgehead atoms. The first-order valence-electron chi connectivity index (χ1n) is 13.2. The van der Waals surface area contributed by atoms with E-state index >= 15 is 0 Å². The van der Waals surface area contributed by atoms with Gasteiger partial charge in [0.25, 0.3) is 0 Å². The molecule has 2 aliphatic carbocycles. The van der Waals surface area contributed by atoms with Crippen LogP contribution < -0.4 is 11.1 Å². The van der Waals surface area contributed by atoms with Crippen molar-refractivity contribution in [1.82, 2.24) is 10.5 Å². The van der Waals surface area contributed by atoms with E-state index in [0.29, 0.717) is 32.1 Å². The predicted octanol–water partition coefficient (Wildman–Crippen LogP) is 4.58. The molecule has 2 heterocycles. The number of hydrogen-bond donors (Lipinski definition) is 1. The number of carbonyl (C=O) groups is 3. The molecule has 1 aromatic rings. The van der Waals surface area contributed by atoms with E-state index in [2.05, 4.69) is 60.9 Å². The molecule has 0 radical (unpaired) electrons. The lowest BCUT2D eigenvalue weighted by Gasteiger charge is -2.35. The minimum Gasteiger partial charge on any atom is -0.375 e. The van der Waals surface area contributed by atoms with E-state index < -0.39 is 16.8 Å². The number of ketones is 2. The lowest BCUT2D eigenvalue weighted by Crippen LogP contribution is -2.48. The highest BCUT2D eigenvalue weighted by Crippen LogP contribution is 2.50. The van der Waals surface area contributed by atoms with Crippen molar-refractivity contribution >= 4 is 17.5 Å². The zero-order valence-corrected chi connectivity index (χ0v) is 22.2. The third-order valence-electron chi connectivity index (χ3n) is 8.54. The number of Topliss-reactive ketones (excluding diaryl/α,β-unsaturated/α-hetero) is 2. The summed E-state index contributed by atoms with van der Waals surface area (Å²) in [4.78, 5) is 46.7. The third kappa shape index (κ3) is 5.47. The molecule has 1 aliphatic heterocycles. The maximum Gasteiger partial charge on any atom is 0.542 e. The summed E-state index contributed by atoms with van der Waals surface area (Å²) in [6, 6.07) is 0. The van der Waals surface area contributed by atoms with Gasteiger partial charge in [0.15, 0.2) is 5.78 Å². The highest BCUT2D eigenvalue weighted by molar-refractivity contribution is 5.98. The van der Waals surface area contributed by atoms with E-state index in [1.165, 1.54) is 0 Å². The molecule has 1 saturated heterocycles. The van der Waals surface area contributed by atoms with Gasteiger partial charge in [-0.3, -0.25) is 18.9 Å². The number of aromatic nitrogens is 1. The average molecular weight is 501 g/mol. The fourth-order valence-corrected chi connectivity index (χ4v) is 6.23. The molecule has 6 atom stereocenters. The van der Waals surface area contributed by atoms with Crippen LogP contribution >= 0.6 is 0 Å². The Bertz CT molecular complexity index is 1070. The van der Waals surface area contributed by atoms with Crippen molar-refractivity contribution in [2.75, 3.05) is 0 Å². The lowest BCUT2D eigenvalue weighted by atomic mass is 9.67. The summed E-state index contributed by atoms with van der Waals surface area (Å²) >= 11 is 0. The van der Waals surface area contributed by atoms with E-state index in [1.54, 1.807) is 0 Å². The molecular weight excluding hydrogens is 460 g/mol. The van der Waals surface area contributed by atoms with Crippen LogP contribution in [0.15, 0.2) is 38.0 Å². The zero-order chi connectivity index (χ0) is 26.5. The maximum absolute atomic E-state index is 12.5. The van der Waals surface area contributed by atoms with Crippen LogP contribution in [0.2, 0.25) is 0 Å². The highest BCUT2D eigenvalue weighted by atomic mass is 16.6. The molecule has 198 valence electrons. The molecule has 8 heteroatoms. The van der Waals surface area contributed by atoms with Gasteiger partial charge in [0.2, 0.25) is 11.8 Å². The summed E-state index contributed by atoms with van der Waals surface area (Å²) in [6.45, 7) is 10.3. The summed E-state index contributed by atoms with van der Waals surface area (Å²) < 4.78 is 9.38. The molecule has 3 fully saturated rings. The first kappa shape index (κ1) is 27.8. The second-order valence-electron chi connectivity index (χ2n) is 10.7. The Balaban J connectivity index is 0.000000212. The van der Waals surface area contributed by atoms with Crippen molar-refractivity contribution in [3.63, 3.8) is 0 Å². The van der Waals surface area contributed by atoms with Crippen molar-refractivity contribution in [3.05, 3.63) is 40.8 Å². The number of carbonyl (C=O) groups excluding carboxylic acids is 3. The lowest BCUT2D eigenvalue weighted by molar-refractivity contribution is -0.128. The normalized spacial score (nSPS) is 32.7. The van der Waals surface area contributed by atoms with Crippen molar-refractivity contribution < 1.29 is 23.3 Å². The number of nitrogens with one attached hydrogen (secondary N) is 1. The standard InChI is InChI=1S/C16H23NO4.C12H17NO2/c1-5-6-7-11(3)16(4)12(10(2)8-13(16)18)9-14-17-21-15(19)20-14;1-2-3-4-7-12-9(5-6-10(12)14)8-11(15)13-12/h6-7,10-12H,5,8-9H2,1-4H3;3-4,9H,2,5-8H2,1H3,(H,13,15)/b7-6-;4-3-/t10?,11-,12-,16?;9-,12?/m01/s1. The molecule has 0 aromatic carbocycles. The molecule has 1 aromatic heterocycles. The van der Waals surface area contributed by atoms with E-state index in [0.717, 1.165) is 19.3 Å². The van der Waals surface area contributed by atoms with Crippen molar-refractivity contribution in [3.8, 4) is 0 Å². The van der Waals surface area contributed by atoms with Crippen LogP contribution in [0.25, 0.3) is 0 Å². The Kier molecular flexibility index (Phi) is 8.90. The summed E-state index contributed by atoms with van der Waals surface area (Å²) in [5.41, 5.74) is -0.995. The van der Waals surface area contributed by atoms with Gasteiger partial charge >= 0.3 is 5.82 Å². The first-order valence-corrected chi connectivity index (χ1v) is 13.2. The fraction of sp³-hybridized carbons (Fsp3) is 0.679. The first-order chi connectivity index (χ1) is 17.1. The van der Waals surface area contributed by atoms with Gasteiger partial charge in [0.1, 0.15) is 11.3 Å². The number of hydrogen-bond acceptors (Lipinski definition) is 7. The van der Waals surface area contributed by atoms with Crippen LogP contribution in [0.5, 0.6) is 0 Å². The van der Waals surface area contributed by atoms with Crippen molar-refractivity contribution in [2.45, 2.75) is 91.5 Å². The summed E-state index contributed by atoms with van der Waals surface area (Å²) in [7, 11) is 0. The van der Waals surface area contributed by atoms with Gasteiger partial charge in [-0.15, -0.1) is 0 Å². The molecular formula is C28H40N2O6. The molecule has 0 spiro atoms. The Morgan fingerprint density at radius 3 is 2.44 bits per heavy atom. The number of fused-ring (bicyclic) bond motifs is 1. The largest absolute Gasteiger partial charge is 0.542 e. The van der Waals surface area contributed by atoms with Gasteiger partial charge in [0.05, 0.1) is 0 Å². The molecule has 36 heavy (non-hydrogen) atoms. The van der Waals surface area contributed by atoms with E-state index in [4.69, 9.17) is 4.42 Å². The molecule has 3 aliphatic rings. The van der Waals surface area contributed by atoms with Gasteiger partial charge in [-0.05, 0) is 54.5 Å². The number of allylic oxidation sites excluding steroid dienone is 3. The smallest absolute Gasteiger partial charge is 0.375 e. The van der Waals surface area contributed by atoms with Crippen LogP contribution in [-0.4, -0.2) is 28.2 Å². The molecule has 1 amide bonds. The van der Waals surface area contributed by atoms with E-state index in [1.807, 2.05) is 13.0 Å². The molecule has 8 nitrogen and oxygen atoms in total. The van der Waals surface area contributed by atoms with Crippen molar-refractivity contribution in [1.29, 1.82) is 0 Å². The van der Waals surface area contributed by atoms with E-state index in [-0.39, 0.29) is 47.0 Å². The van der Waals surface area contributed by atoms with Crippen LogP contribution in [0.1, 0.15) is 85.5 Å². The Hall–Kier alpha value is -2.77. The minimum atomic E-state index is -0.789. The van der Waals surface area contributed by atoms with Gasteiger partial charge in [-0.1, -0.05) is 58.9 Å². The van der Waals surface area contributed by atoms with Gasteiger partial charge in [-0.2, -0.15) is 0 Å². The fourth-order valence-electron chi connectivity index (χ4n) is 6.23.